The van der Waals surface area contributed by atoms with E-state index in [0.717, 1.165) is 0 Å². The van der Waals surface area contributed by atoms with Crippen molar-refractivity contribution >= 4 is 22.5 Å². The van der Waals surface area contributed by atoms with Crippen LogP contribution in [0.3, 0.4) is 0 Å². The molecule has 0 atom stereocenters. The molecule has 0 amide bonds. The van der Waals surface area contributed by atoms with Crippen molar-refractivity contribution in [2.75, 3.05) is 6.54 Å². The molecule has 0 heterocycles. The molecule has 0 radical (unpaired) electrons. The molecular formula is C3H3N3O3S. The molecule has 10 heavy (non-hydrogen) atoms. The van der Waals surface area contributed by atoms with Crippen molar-refractivity contribution in [3.05, 3.63) is 5.53 Å². The molecule has 0 aromatic heterocycles. The van der Waals surface area contributed by atoms with Crippen molar-refractivity contribution in [3.8, 4) is 0 Å². The van der Waals surface area contributed by atoms with Gasteiger partial charge in [0.15, 0.2) is 0 Å². The number of ketones is 1. The molecule has 0 bridgehead atoms. The summed E-state index contributed by atoms with van der Waals surface area (Å²) in [5.41, 5.74) is 7.75. The van der Waals surface area contributed by atoms with Crippen LogP contribution in [-0.2, 0) is 15.3 Å². The van der Waals surface area contributed by atoms with Crippen LogP contribution >= 0.6 is 0 Å². The molecular weight excluding hydrogens is 158 g/mol. The van der Waals surface area contributed by atoms with Crippen molar-refractivity contribution in [3.63, 3.8) is 0 Å². The van der Waals surface area contributed by atoms with Gasteiger partial charge in [0, 0.05) is 0 Å². The molecule has 7 heteroatoms. The van der Waals surface area contributed by atoms with Crippen molar-refractivity contribution < 1.29 is 18.0 Å². The van der Waals surface area contributed by atoms with Crippen LogP contribution in [0.1, 0.15) is 0 Å². The Labute approximate surface area is 57.8 Å². The smallest absolute Gasteiger partial charge is 0.325 e. The lowest BCUT2D eigenvalue weighted by Crippen LogP contribution is -2.03. The van der Waals surface area contributed by atoms with Gasteiger partial charge in [0.2, 0.25) is 0 Å². The summed E-state index contributed by atoms with van der Waals surface area (Å²) in [6.45, 7) is -0.514. The van der Waals surface area contributed by atoms with E-state index in [1.165, 1.54) is 0 Å². The summed E-state index contributed by atoms with van der Waals surface area (Å²) in [7, 11) is -2.58. The van der Waals surface area contributed by atoms with Gasteiger partial charge in [0.05, 0.1) is 0 Å². The van der Waals surface area contributed by atoms with Gasteiger partial charge in [-0.2, -0.15) is 17.6 Å². The largest absolute Gasteiger partial charge is 0.361 e. The SMILES string of the molecule is [N-]=[N+]=CC(=O)CN=S(=O)=O. The first-order valence-electron chi connectivity index (χ1n) is 2.14. The summed E-state index contributed by atoms with van der Waals surface area (Å²) < 4.78 is 22.2. The van der Waals surface area contributed by atoms with Crippen LogP contribution < -0.4 is 0 Å². The Morgan fingerprint density at radius 1 is 1.70 bits per heavy atom. The molecule has 0 N–H and O–H groups in total. The Morgan fingerprint density at radius 3 is 2.70 bits per heavy atom. The molecule has 0 aliphatic rings. The molecule has 0 unspecified atom stereocenters. The van der Waals surface area contributed by atoms with Crippen LogP contribution in [0.5, 0.6) is 0 Å². The van der Waals surface area contributed by atoms with Crippen LogP contribution in [0.4, 0.5) is 0 Å². The molecule has 0 saturated carbocycles. The van der Waals surface area contributed by atoms with Gasteiger partial charge >= 0.3 is 16.7 Å². The number of carbonyl (C=O) groups excluding carboxylic acids is 1. The maximum absolute atomic E-state index is 10.3. The van der Waals surface area contributed by atoms with E-state index in [0.29, 0.717) is 6.21 Å². The second-order valence-electron chi connectivity index (χ2n) is 1.22. The summed E-state index contributed by atoms with van der Waals surface area (Å²) in [5.74, 6) is -0.674. The molecule has 54 valence electrons. The quantitative estimate of drug-likeness (QED) is 0.299. The number of rotatable bonds is 3. The molecule has 0 aliphatic heterocycles. The molecule has 0 aliphatic carbocycles. The van der Waals surface area contributed by atoms with E-state index in [4.69, 9.17) is 5.53 Å². The highest BCUT2D eigenvalue weighted by Crippen LogP contribution is 1.68. The number of hydrogen-bond donors (Lipinski definition) is 0. The Kier molecular flexibility index (Phi) is 3.94. The van der Waals surface area contributed by atoms with E-state index in [-0.39, 0.29) is 0 Å². The predicted octanol–water partition coefficient (Wildman–Crippen LogP) is -1.08. The zero-order valence-electron chi connectivity index (χ0n) is 4.76. The molecule has 0 aromatic rings. The summed E-state index contributed by atoms with van der Waals surface area (Å²) in [6.07, 6.45) is 0.580. The van der Waals surface area contributed by atoms with Crippen molar-refractivity contribution in [2.45, 2.75) is 0 Å². The van der Waals surface area contributed by atoms with Crippen LogP contribution in [0, 0.1) is 0 Å². The molecule has 0 fully saturated rings. The first-order valence-corrected chi connectivity index (χ1v) is 3.17. The van der Waals surface area contributed by atoms with Crippen LogP contribution in [0.25, 0.3) is 5.53 Å². The normalized spacial score (nSPS) is 7.60. The van der Waals surface area contributed by atoms with Gasteiger partial charge in [-0.1, -0.05) is 0 Å². The maximum atomic E-state index is 10.3. The van der Waals surface area contributed by atoms with E-state index < -0.39 is 22.8 Å². The number of hydrogen-bond acceptors (Lipinski definition) is 4. The predicted molar refractivity (Wildman–Crippen MR) is 30.9 cm³/mol. The minimum absolute atomic E-state index is 0.514. The molecule has 0 aromatic carbocycles. The van der Waals surface area contributed by atoms with E-state index >= 15 is 0 Å². The van der Waals surface area contributed by atoms with Gasteiger partial charge < -0.3 is 5.53 Å². The Hall–Kier alpha value is -1.33. The highest BCUT2D eigenvalue weighted by Gasteiger charge is 1.98. The summed E-state index contributed by atoms with van der Waals surface area (Å²) in [5, 5.41) is 0. The third kappa shape index (κ3) is 4.82. The van der Waals surface area contributed by atoms with Gasteiger partial charge in [0.25, 0.3) is 5.78 Å². The first kappa shape index (κ1) is 8.67. The third-order valence-corrected chi connectivity index (χ3v) is 0.867. The summed E-state index contributed by atoms with van der Waals surface area (Å²) in [6, 6.07) is 0. The van der Waals surface area contributed by atoms with E-state index in [2.05, 4.69) is 9.15 Å². The maximum Gasteiger partial charge on any atom is 0.325 e. The Morgan fingerprint density at radius 2 is 2.30 bits per heavy atom. The fraction of sp³-hybridized carbons (Fsp3) is 0.333. The Bertz CT molecular complexity index is 289. The van der Waals surface area contributed by atoms with E-state index in [1.807, 2.05) is 0 Å². The molecule has 6 nitrogen and oxygen atoms in total. The van der Waals surface area contributed by atoms with Crippen molar-refractivity contribution in [2.24, 2.45) is 4.36 Å². The highest BCUT2D eigenvalue weighted by molar-refractivity contribution is 7.61. The average Bonchev–Trinajstić information content (AvgIpc) is 1.85. The Balaban J connectivity index is 4.07. The minimum Gasteiger partial charge on any atom is -0.361 e. The van der Waals surface area contributed by atoms with E-state index in [9.17, 15) is 13.2 Å². The monoisotopic (exact) mass is 161 g/mol. The lowest BCUT2D eigenvalue weighted by Gasteiger charge is -1.71. The van der Waals surface area contributed by atoms with Gasteiger partial charge in [-0.25, -0.2) is 0 Å². The lowest BCUT2D eigenvalue weighted by molar-refractivity contribution is -0.114. The standard InChI is InChI=1S/C3H3N3O3S/c4-5-1-3(7)2-6-10(8)9/h1H,2H2. The van der Waals surface area contributed by atoms with Crippen LogP contribution in [-0.4, -0.2) is 31.8 Å². The fourth-order valence-electron chi connectivity index (χ4n) is 0.222. The van der Waals surface area contributed by atoms with Gasteiger partial charge in [0.1, 0.15) is 6.54 Å². The zero-order chi connectivity index (χ0) is 7.98. The second kappa shape index (κ2) is 4.54. The number of Topliss-reactive ketones (excluding diaryl/α,β-unsaturated/α-hetero) is 1. The highest BCUT2D eigenvalue weighted by atomic mass is 32.2. The van der Waals surface area contributed by atoms with Crippen LogP contribution in [0.2, 0.25) is 0 Å². The first-order chi connectivity index (χ1) is 4.66. The molecule has 0 rings (SSSR count). The fourth-order valence-corrected chi connectivity index (χ4v) is 0.454. The van der Waals surface area contributed by atoms with Crippen molar-refractivity contribution in [1.29, 1.82) is 0 Å². The van der Waals surface area contributed by atoms with Crippen LogP contribution in [0.15, 0.2) is 4.36 Å². The zero-order valence-corrected chi connectivity index (χ0v) is 5.58. The molecule has 0 saturated heterocycles. The summed E-state index contributed by atoms with van der Waals surface area (Å²) in [4.78, 5) is 12.6. The van der Waals surface area contributed by atoms with Gasteiger partial charge in [-0.05, 0) is 0 Å². The second-order valence-corrected chi connectivity index (χ2v) is 1.91. The average molecular weight is 161 g/mol. The minimum atomic E-state index is -2.58. The summed E-state index contributed by atoms with van der Waals surface area (Å²) >= 11 is 0. The lowest BCUT2D eigenvalue weighted by atomic mass is 10.4. The number of carbonyl (C=O) groups is 1. The topological polar surface area (TPSA) is 100.0 Å². The van der Waals surface area contributed by atoms with E-state index in [1.54, 1.807) is 0 Å². The third-order valence-electron chi connectivity index (χ3n) is 0.528. The van der Waals surface area contributed by atoms with Gasteiger partial charge in [-0.15, -0.1) is 0 Å². The molecule has 0 spiro atoms. The van der Waals surface area contributed by atoms with Crippen molar-refractivity contribution in [1.82, 2.24) is 0 Å². The van der Waals surface area contributed by atoms with Gasteiger partial charge in [-0.3, -0.25) is 4.79 Å². The number of nitrogens with zero attached hydrogens (tertiary/aromatic N) is 3.